The molecule has 7 nitrogen and oxygen atoms in total. The molecule has 1 aromatic carbocycles. The zero-order valence-corrected chi connectivity index (χ0v) is 13.2. The number of benzene rings is 1. The van der Waals surface area contributed by atoms with E-state index in [1.54, 1.807) is 13.8 Å². The van der Waals surface area contributed by atoms with Crippen molar-refractivity contribution in [2.75, 3.05) is 13.2 Å². The summed E-state index contributed by atoms with van der Waals surface area (Å²) in [5, 5.41) is 11.0. The minimum Gasteiger partial charge on any atom is -0.548 e. The molecule has 22 heavy (non-hydrogen) atoms. The summed E-state index contributed by atoms with van der Waals surface area (Å²) < 4.78 is 37.7. The predicted octanol–water partition coefficient (Wildman–Crippen LogP) is -0.0993. The normalized spacial score (nSPS) is 16.1. The molecule has 0 spiro atoms. The van der Waals surface area contributed by atoms with E-state index in [0.29, 0.717) is 31.1 Å². The smallest absolute Gasteiger partial charge is 0.241 e. The number of carboxylic acid groups (broad SMARTS) is 1. The standard InChI is InChI=1S/C14H19NO6S/c1-9(2)13(14(16)17)15-22(18,19)10-4-5-11-12(8-10)21-7-3-6-20-11/h4-5,8-9,13,15H,3,6-7H2,1-2H3,(H,16,17)/p-1/t13-/m1/s1. The van der Waals surface area contributed by atoms with Gasteiger partial charge in [-0.15, -0.1) is 0 Å². The van der Waals surface area contributed by atoms with Crippen molar-refractivity contribution in [3.8, 4) is 11.5 Å². The number of carboxylic acids is 1. The van der Waals surface area contributed by atoms with Gasteiger partial charge in [-0.25, -0.2) is 13.1 Å². The number of carbonyl (C=O) groups is 1. The fourth-order valence-electron chi connectivity index (χ4n) is 2.00. The molecule has 1 heterocycles. The van der Waals surface area contributed by atoms with E-state index in [-0.39, 0.29) is 4.90 Å². The van der Waals surface area contributed by atoms with E-state index in [1.165, 1.54) is 18.2 Å². The van der Waals surface area contributed by atoms with Crippen LogP contribution < -0.4 is 19.3 Å². The van der Waals surface area contributed by atoms with Crippen LogP contribution in [0.3, 0.4) is 0 Å². The quantitative estimate of drug-likeness (QED) is 0.809. The van der Waals surface area contributed by atoms with Crippen molar-refractivity contribution in [2.45, 2.75) is 31.2 Å². The lowest BCUT2D eigenvalue weighted by Gasteiger charge is -2.23. The molecule has 1 aromatic rings. The minimum absolute atomic E-state index is 0.0800. The Balaban J connectivity index is 2.29. The second kappa shape index (κ2) is 6.53. The Hall–Kier alpha value is -1.80. The summed E-state index contributed by atoms with van der Waals surface area (Å²) in [7, 11) is -4.00. The number of hydrogen-bond donors (Lipinski definition) is 1. The largest absolute Gasteiger partial charge is 0.548 e. The van der Waals surface area contributed by atoms with Crippen molar-refractivity contribution in [1.29, 1.82) is 0 Å². The van der Waals surface area contributed by atoms with Gasteiger partial charge in [-0.05, 0) is 18.1 Å². The molecular formula is C14H18NO6S-. The average Bonchev–Trinajstić information content (AvgIpc) is 2.68. The molecule has 1 aliphatic heterocycles. The molecule has 1 aliphatic rings. The molecule has 0 unspecified atom stereocenters. The molecule has 1 atom stereocenters. The molecule has 122 valence electrons. The molecule has 8 heteroatoms. The zero-order chi connectivity index (χ0) is 16.3. The molecule has 0 fully saturated rings. The second-order valence-corrected chi connectivity index (χ2v) is 7.04. The summed E-state index contributed by atoms with van der Waals surface area (Å²) in [5.74, 6) is -1.11. The molecule has 0 bridgehead atoms. The molecule has 0 aliphatic carbocycles. The van der Waals surface area contributed by atoms with E-state index in [1.807, 2.05) is 0 Å². The first-order valence-electron chi connectivity index (χ1n) is 6.94. The summed E-state index contributed by atoms with van der Waals surface area (Å²) >= 11 is 0. The van der Waals surface area contributed by atoms with Crippen molar-refractivity contribution in [3.05, 3.63) is 18.2 Å². The van der Waals surface area contributed by atoms with Crippen molar-refractivity contribution in [1.82, 2.24) is 4.72 Å². The fraction of sp³-hybridized carbons (Fsp3) is 0.500. The average molecular weight is 328 g/mol. The first kappa shape index (κ1) is 16.6. The summed E-state index contributed by atoms with van der Waals surface area (Å²) in [5.41, 5.74) is 0. The monoisotopic (exact) mass is 328 g/mol. The van der Waals surface area contributed by atoms with Gasteiger partial charge in [0.25, 0.3) is 0 Å². The van der Waals surface area contributed by atoms with E-state index in [2.05, 4.69) is 4.72 Å². The Kier molecular flexibility index (Phi) is 4.92. The van der Waals surface area contributed by atoms with E-state index in [0.717, 1.165) is 0 Å². The first-order valence-corrected chi connectivity index (χ1v) is 8.42. The summed E-state index contributed by atoms with van der Waals surface area (Å²) in [6.07, 6.45) is 0.703. The van der Waals surface area contributed by atoms with Gasteiger partial charge in [-0.2, -0.15) is 0 Å². The maximum Gasteiger partial charge on any atom is 0.241 e. The van der Waals surface area contributed by atoms with Crippen molar-refractivity contribution in [2.24, 2.45) is 5.92 Å². The molecular weight excluding hydrogens is 310 g/mol. The van der Waals surface area contributed by atoms with Crippen molar-refractivity contribution in [3.63, 3.8) is 0 Å². The van der Waals surface area contributed by atoms with Crippen LogP contribution in [0.4, 0.5) is 0 Å². The maximum absolute atomic E-state index is 12.3. The van der Waals surface area contributed by atoms with E-state index >= 15 is 0 Å². The van der Waals surface area contributed by atoms with Crippen LogP contribution in [0.1, 0.15) is 20.3 Å². The van der Waals surface area contributed by atoms with Crippen LogP contribution >= 0.6 is 0 Å². The third-order valence-electron chi connectivity index (χ3n) is 3.23. The van der Waals surface area contributed by atoms with Crippen LogP contribution in [-0.2, 0) is 14.8 Å². The molecule has 0 saturated carbocycles. The maximum atomic E-state index is 12.3. The number of hydrogen-bond acceptors (Lipinski definition) is 6. The van der Waals surface area contributed by atoms with Crippen LogP contribution in [-0.4, -0.2) is 33.6 Å². The highest BCUT2D eigenvalue weighted by Gasteiger charge is 2.25. The van der Waals surface area contributed by atoms with Crippen LogP contribution in [0, 0.1) is 5.92 Å². The Labute approximate surface area is 129 Å². The highest BCUT2D eigenvalue weighted by molar-refractivity contribution is 7.89. The van der Waals surface area contributed by atoms with Crippen LogP contribution in [0.2, 0.25) is 0 Å². The SMILES string of the molecule is CC(C)[C@@H](NS(=O)(=O)c1ccc2c(c1)OCCCO2)C(=O)[O-]. The van der Waals surface area contributed by atoms with E-state index in [9.17, 15) is 18.3 Å². The number of rotatable bonds is 5. The summed E-state index contributed by atoms with van der Waals surface area (Å²) in [4.78, 5) is 11.0. The number of carbonyl (C=O) groups excluding carboxylic acids is 1. The molecule has 1 N–H and O–H groups in total. The fourth-order valence-corrected chi connectivity index (χ4v) is 3.35. The van der Waals surface area contributed by atoms with Gasteiger partial charge in [0.15, 0.2) is 11.5 Å². The van der Waals surface area contributed by atoms with E-state index < -0.39 is 28.0 Å². The summed E-state index contributed by atoms with van der Waals surface area (Å²) in [6, 6.07) is 2.87. The van der Waals surface area contributed by atoms with Gasteiger partial charge in [0, 0.05) is 12.5 Å². The van der Waals surface area contributed by atoms with Crippen LogP contribution in [0.15, 0.2) is 23.1 Å². The topological polar surface area (TPSA) is 105 Å². The Morgan fingerprint density at radius 2 is 1.86 bits per heavy atom. The predicted molar refractivity (Wildman–Crippen MR) is 76.0 cm³/mol. The molecule has 2 rings (SSSR count). The van der Waals surface area contributed by atoms with E-state index in [4.69, 9.17) is 9.47 Å². The third-order valence-corrected chi connectivity index (χ3v) is 4.67. The first-order chi connectivity index (χ1) is 10.3. The zero-order valence-electron chi connectivity index (χ0n) is 12.4. The Bertz CT molecular complexity index is 655. The number of aliphatic carboxylic acids is 1. The van der Waals surface area contributed by atoms with Crippen LogP contribution in [0.25, 0.3) is 0 Å². The van der Waals surface area contributed by atoms with Gasteiger partial charge < -0.3 is 19.4 Å². The number of nitrogens with one attached hydrogen (secondary N) is 1. The van der Waals surface area contributed by atoms with Gasteiger partial charge >= 0.3 is 0 Å². The molecule has 0 saturated heterocycles. The number of fused-ring (bicyclic) bond motifs is 1. The second-order valence-electron chi connectivity index (χ2n) is 5.32. The highest BCUT2D eigenvalue weighted by atomic mass is 32.2. The number of ether oxygens (including phenoxy) is 2. The summed E-state index contributed by atoms with van der Waals surface area (Å²) in [6.45, 7) is 4.11. The van der Waals surface area contributed by atoms with Gasteiger partial charge in [-0.1, -0.05) is 13.8 Å². The lowest BCUT2D eigenvalue weighted by molar-refractivity contribution is -0.309. The minimum atomic E-state index is -4.00. The lowest BCUT2D eigenvalue weighted by atomic mass is 10.1. The lowest BCUT2D eigenvalue weighted by Crippen LogP contribution is -2.50. The van der Waals surface area contributed by atoms with Gasteiger partial charge in [0.1, 0.15) is 0 Å². The van der Waals surface area contributed by atoms with Crippen molar-refractivity contribution >= 4 is 16.0 Å². The highest BCUT2D eigenvalue weighted by Crippen LogP contribution is 2.31. The third kappa shape index (κ3) is 3.69. The molecule has 0 aromatic heterocycles. The van der Waals surface area contributed by atoms with Gasteiger partial charge in [-0.3, -0.25) is 0 Å². The number of sulfonamides is 1. The van der Waals surface area contributed by atoms with Gasteiger partial charge in [0.05, 0.1) is 30.1 Å². The van der Waals surface area contributed by atoms with Gasteiger partial charge in [0.2, 0.25) is 10.0 Å². The molecule has 0 radical (unpaired) electrons. The van der Waals surface area contributed by atoms with Crippen LogP contribution in [0.5, 0.6) is 11.5 Å². The van der Waals surface area contributed by atoms with Crippen molar-refractivity contribution < 1.29 is 27.8 Å². The molecule has 0 amide bonds. The Morgan fingerprint density at radius 3 is 2.45 bits per heavy atom. The Morgan fingerprint density at radius 1 is 1.23 bits per heavy atom.